The Kier molecular flexibility index (Phi) is 5.69. The van der Waals surface area contributed by atoms with Gasteiger partial charge in [-0.1, -0.05) is 30.0 Å². The summed E-state index contributed by atoms with van der Waals surface area (Å²) >= 11 is 0. The van der Waals surface area contributed by atoms with Crippen LogP contribution in [0.25, 0.3) is 16.9 Å². The van der Waals surface area contributed by atoms with Crippen LogP contribution >= 0.6 is 0 Å². The lowest BCUT2D eigenvalue weighted by Crippen LogP contribution is -2.33. The number of aromatic nitrogens is 7. The Balaban J connectivity index is 1.45. The number of para-hydroxylation sites is 1. The highest BCUT2D eigenvalue weighted by atomic mass is 16.2. The minimum absolute atomic E-state index is 0.0662. The van der Waals surface area contributed by atoms with Crippen molar-refractivity contribution in [1.82, 2.24) is 38.7 Å². The van der Waals surface area contributed by atoms with Gasteiger partial charge in [0.1, 0.15) is 5.52 Å². The van der Waals surface area contributed by atoms with E-state index in [2.05, 4.69) is 32.3 Å². The standard InChI is InChI=1S/C28H23N9O2/c1-18(32-27(38)25-26(29)33-23-9-6-13-30-37(23)25)22-17-35-14-12-20(11-10-19-15-31-34(2)16-19)24(35)28(39)36(22)21-7-4-3-5-8-21/h3-9,12-18H,29H2,1-2H3,(H,32,38). The minimum atomic E-state index is -0.587. The number of fused-ring (bicyclic) bond motifs is 2. The zero-order valence-corrected chi connectivity index (χ0v) is 21.1. The summed E-state index contributed by atoms with van der Waals surface area (Å²) in [6, 6.07) is 13.9. The molecule has 11 heteroatoms. The zero-order valence-electron chi connectivity index (χ0n) is 21.1. The van der Waals surface area contributed by atoms with Crippen LogP contribution in [0, 0.1) is 11.8 Å². The van der Waals surface area contributed by atoms with E-state index in [1.807, 2.05) is 49.8 Å². The van der Waals surface area contributed by atoms with Gasteiger partial charge < -0.3 is 15.5 Å². The van der Waals surface area contributed by atoms with E-state index in [0.717, 1.165) is 5.56 Å². The van der Waals surface area contributed by atoms with Crippen LogP contribution in [0.5, 0.6) is 0 Å². The van der Waals surface area contributed by atoms with Gasteiger partial charge in [0.05, 0.1) is 29.1 Å². The summed E-state index contributed by atoms with van der Waals surface area (Å²) in [6.45, 7) is 1.80. The predicted molar refractivity (Wildman–Crippen MR) is 145 cm³/mol. The van der Waals surface area contributed by atoms with E-state index in [1.54, 1.807) is 57.4 Å². The molecule has 0 radical (unpaired) electrons. The second kappa shape index (κ2) is 9.35. The predicted octanol–water partition coefficient (Wildman–Crippen LogP) is 2.34. The first-order valence-corrected chi connectivity index (χ1v) is 12.1. The lowest BCUT2D eigenvalue weighted by molar-refractivity contribution is 0.0932. The first-order valence-electron chi connectivity index (χ1n) is 12.1. The number of nitrogens with two attached hydrogens (primary N) is 1. The van der Waals surface area contributed by atoms with Crippen LogP contribution in [0.4, 0.5) is 5.82 Å². The Morgan fingerprint density at radius 1 is 1.05 bits per heavy atom. The fraction of sp³-hybridized carbons (Fsp3) is 0.107. The number of hydrogen-bond acceptors (Lipinski definition) is 6. The quantitative estimate of drug-likeness (QED) is 0.345. The number of aryl methyl sites for hydroxylation is 1. The summed E-state index contributed by atoms with van der Waals surface area (Å²) in [7, 11) is 1.82. The third kappa shape index (κ3) is 4.19. The van der Waals surface area contributed by atoms with Gasteiger partial charge in [-0.25, -0.2) is 9.50 Å². The van der Waals surface area contributed by atoms with Crippen molar-refractivity contribution in [2.24, 2.45) is 7.05 Å². The molecule has 39 heavy (non-hydrogen) atoms. The number of nitrogen functional groups attached to an aromatic ring is 1. The molecular weight excluding hydrogens is 494 g/mol. The van der Waals surface area contributed by atoms with Crippen LogP contribution in [-0.4, -0.2) is 39.3 Å². The van der Waals surface area contributed by atoms with E-state index in [0.29, 0.717) is 28.1 Å². The van der Waals surface area contributed by atoms with Gasteiger partial charge in [-0.15, -0.1) is 0 Å². The molecule has 11 nitrogen and oxygen atoms in total. The molecule has 0 aliphatic heterocycles. The van der Waals surface area contributed by atoms with Crippen LogP contribution < -0.4 is 16.6 Å². The summed E-state index contributed by atoms with van der Waals surface area (Å²) in [5.74, 6) is 5.77. The van der Waals surface area contributed by atoms with Crippen LogP contribution in [0.3, 0.4) is 0 Å². The molecule has 1 atom stereocenters. The van der Waals surface area contributed by atoms with Crippen LogP contribution in [-0.2, 0) is 7.05 Å². The Hall–Kier alpha value is -5.63. The molecule has 6 rings (SSSR count). The highest BCUT2D eigenvalue weighted by Gasteiger charge is 2.23. The monoisotopic (exact) mass is 517 g/mol. The number of carbonyl (C=O) groups excluding carboxylic acids is 1. The van der Waals surface area contributed by atoms with Crippen molar-refractivity contribution in [2.75, 3.05) is 5.73 Å². The van der Waals surface area contributed by atoms with E-state index >= 15 is 0 Å². The topological polar surface area (TPSA) is 130 Å². The van der Waals surface area contributed by atoms with E-state index in [1.165, 1.54) is 4.52 Å². The molecule has 1 aromatic carbocycles. The molecule has 0 spiro atoms. The Morgan fingerprint density at radius 2 is 1.87 bits per heavy atom. The van der Waals surface area contributed by atoms with Gasteiger partial charge in [0.2, 0.25) is 0 Å². The molecule has 192 valence electrons. The summed E-state index contributed by atoms with van der Waals surface area (Å²) in [5.41, 5.74) is 9.35. The first-order chi connectivity index (χ1) is 18.9. The molecule has 0 bridgehead atoms. The minimum Gasteiger partial charge on any atom is -0.382 e. The molecule has 1 amide bonds. The average molecular weight is 518 g/mol. The number of rotatable bonds is 4. The summed E-state index contributed by atoms with van der Waals surface area (Å²) in [6.07, 6.45) is 8.63. The number of hydrogen-bond donors (Lipinski definition) is 2. The van der Waals surface area contributed by atoms with Gasteiger partial charge in [0, 0.05) is 37.5 Å². The molecular formula is C28H23N9O2. The van der Waals surface area contributed by atoms with Crippen molar-refractivity contribution < 1.29 is 4.79 Å². The average Bonchev–Trinajstić information content (AvgIpc) is 3.63. The van der Waals surface area contributed by atoms with Gasteiger partial charge in [-0.05, 0) is 37.3 Å². The molecule has 1 unspecified atom stereocenters. The molecule has 6 aromatic rings. The maximum Gasteiger partial charge on any atom is 0.280 e. The van der Waals surface area contributed by atoms with Gasteiger partial charge in [-0.3, -0.25) is 18.8 Å². The SMILES string of the molecule is CC(NC(=O)c1c(N)nc2cccnn12)c1cn2ccc(C#Cc3cnn(C)c3)c2c(=O)n1-c1ccccc1. The molecule has 0 saturated carbocycles. The normalized spacial score (nSPS) is 11.8. The smallest absolute Gasteiger partial charge is 0.280 e. The van der Waals surface area contributed by atoms with Gasteiger partial charge >= 0.3 is 0 Å². The summed E-state index contributed by atoms with van der Waals surface area (Å²) in [5, 5.41) is 11.3. The lowest BCUT2D eigenvalue weighted by atomic mass is 10.2. The van der Waals surface area contributed by atoms with E-state index in [-0.39, 0.29) is 17.1 Å². The van der Waals surface area contributed by atoms with E-state index < -0.39 is 11.9 Å². The maximum absolute atomic E-state index is 14.0. The Labute approximate surface area is 222 Å². The van der Waals surface area contributed by atoms with E-state index in [4.69, 9.17) is 5.73 Å². The number of nitrogens with zero attached hydrogens (tertiary/aromatic N) is 7. The lowest BCUT2D eigenvalue weighted by Gasteiger charge is -2.20. The Morgan fingerprint density at radius 3 is 2.64 bits per heavy atom. The molecule has 0 fully saturated rings. The fourth-order valence-electron chi connectivity index (χ4n) is 4.54. The molecule has 3 N–H and O–H groups in total. The van der Waals surface area contributed by atoms with Crippen molar-refractivity contribution >= 4 is 22.9 Å². The van der Waals surface area contributed by atoms with Gasteiger partial charge in [0.15, 0.2) is 17.2 Å². The van der Waals surface area contributed by atoms with Gasteiger partial charge in [-0.2, -0.15) is 10.2 Å². The number of nitrogens with one attached hydrogen (secondary N) is 1. The maximum atomic E-state index is 14.0. The first kappa shape index (κ1) is 23.7. The molecule has 5 aromatic heterocycles. The number of amides is 1. The third-order valence-electron chi connectivity index (χ3n) is 6.34. The third-order valence-corrected chi connectivity index (χ3v) is 6.34. The van der Waals surface area contributed by atoms with Crippen molar-refractivity contribution in [3.8, 4) is 17.5 Å². The molecule has 5 heterocycles. The van der Waals surface area contributed by atoms with Crippen molar-refractivity contribution in [2.45, 2.75) is 13.0 Å². The second-order valence-corrected chi connectivity index (χ2v) is 9.00. The number of imidazole rings is 1. The molecule has 0 aliphatic rings. The summed E-state index contributed by atoms with van der Waals surface area (Å²) in [4.78, 5) is 31.5. The largest absolute Gasteiger partial charge is 0.382 e. The van der Waals surface area contributed by atoms with Crippen LogP contribution in [0.2, 0.25) is 0 Å². The zero-order chi connectivity index (χ0) is 27.1. The van der Waals surface area contributed by atoms with Crippen LogP contribution in [0.15, 0.2) is 84.3 Å². The van der Waals surface area contributed by atoms with Crippen molar-refractivity contribution in [3.63, 3.8) is 0 Å². The number of benzene rings is 1. The van der Waals surface area contributed by atoms with Crippen LogP contribution in [0.1, 0.15) is 40.3 Å². The highest BCUT2D eigenvalue weighted by Crippen LogP contribution is 2.21. The van der Waals surface area contributed by atoms with Crippen molar-refractivity contribution in [1.29, 1.82) is 0 Å². The van der Waals surface area contributed by atoms with Crippen molar-refractivity contribution in [3.05, 3.63) is 112 Å². The second-order valence-electron chi connectivity index (χ2n) is 9.00. The van der Waals surface area contributed by atoms with E-state index in [9.17, 15) is 9.59 Å². The molecule has 0 saturated heterocycles. The highest BCUT2D eigenvalue weighted by molar-refractivity contribution is 5.98. The number of anilines is 1. The molecule has 0 aliphatic carbocycles. The summed E-state index contributed by atoms with van der Waals surface area (Å²) < 4.78 is 6.38. The fourth-order valence-corrected chi connectivity index (χ4v) is 4.54. The number of carbonyl (C=O) groups is 1. The Bertz CT molecular complexity index is 1980. The van der Waals surface area contributed by atoms with Gasteiger partial charge in [0.25, 0.3) is 11.5 Å².